The van der Waals surface area contributed by atoms with Gasteiger partial charge in [-0.3, -0.25) is 0 Å². The van der Waals surface area contributed by atoms with Gasteiger partial charge < -0.3 is 15.2 Å². The van der Waals surface area contributed by atoms with Crippen molar-refractivity contribution in [3.63, 3.8) is 0 Å². The number of para-hydroxylation sites is 2. The Balaban J connectivity index is 2.21. The molecule has 0 spiro atoms. The smallest absolute Gasteiger partial charge is 0.161 e. The number of thioether (sulfide) groups is 1. The van der Waals surface area contributed by atoms with E-state index in [0.717, 1.165) is 36.0 Å². The molecule has 1 rings (SSSR count). The second kappa shape index (κ2) is 8.30. The minimum Gasteiger partial charge on any atom is -0.493 e. The van der Waals surface area contributed by atoms with Crippen molar-refractivity contribution in [2.75, 3.05) is 31.8 Å². The van der Waals surface area contributed by atoms with E-state index in [4.69, 9.17) is 15.2 Å². The summed E-state index contributed by atoms with van der Waals surface area (Å²) in [6, 6.07) is 7.70. The van der Waals surface area contributed by atoms with Crippen LogP contribution in [-0.4, -0.2) is 31.8 Å². The van der Waals surface area contributed by atoms with Gasteiger partial charge in [0.1, 0.15) is 0 Å². The SMILES string of the molecule is COc1ccccc1OCCSCCCN. The maximum atomic E-state index is 5.63. The number of rotatable bonds is 8. The molecule has 0 fully saturated rings. The predicted molar refractivity (Wildman–Crippen MR) is 69.5 cm³/mol. The molecule has 0 aliphatic rings. The van der Waals surface area contributed by atoms with E-state index in [9.17, 15) is 0 Å². The average molecular weight is 241 g/mol. The Morgan fingerprint density at radius 2 is 1.94 bits per heavy atom. The van der Waals surface area contributed by atoms with Gasteiger partial charge in [0.25, 0.3) is 0 Å². The Hall–Kier alpha value is -0.870. The zero-order valence-corrected chi connectivity index (χ0v) is 10.5. The highest BCUT2D eigenvalue weighted by Crippen LogP contribution is 2.25. The molecule has 3 nitrogen and oxygen atoms in total. The third kappa shape index (κ3) is 4.77. The summed E-state index contributed by atoms with van der Waals surface area (Å²) in [4.78, 5) is 0. The summed E-state index contributed by atoms with van der Waals surface area (Å²) in [7, 11) is 1.65. The first-order valence-electron chi connectivity index (χ1n) is 5.42. The molecule has 0 saturated heterocycles. The lowest BCUT2D eigenvalue weighted by molar-refractivity contribution is 0.313. The van der Waals surface area contributed by atoms with E-state index in [0.29, 0.717) is 6.61 Å². The molecule has 90 valence electrons. The van der Waals surface area contributed by atoms with Crippen LogP contribution >= 0.6 is 11.8 Å². The van der Waals surface area contributed by atoms with Gasteiger partial charge in [0, 0.05) is 5.75 Å². The highest BCUT2D eigenvalue weighted by Gasteiger charge is 2.01. The van der Waals surface area contributed by atoms with Gasteiger partial charge in [0.15, 0.2) is 11.5 Å². The van der Waals surface area contributed by atoms with Crippen LogP contribution in [0.15, 0.2) is 24.3 Å². The van der Waals surface area contributed by atoms with Gasteiger partial charge in [0.05, 0.1) is 13.7 Å². The summed E-state index contributed by atoms with van der Waals surface area (Å²) in [6.45, 7) is 1.47. The van der Waals surface area contributed by atoms with Gasteiger partial charge in [0.2, 0.25) is 0 Å². The average Bonchev–Trinajstić information content (AvgIpc) is 2.34. The molecule has 1 aromatic rings. The molecule has 0 saturated carbocycles. The van der Waals surface area contributed by atoms with Crippen LogP contribution in [0.2, 0.25) is 0 Å². The number of methoxy groups -OCH3 is 1. The highest BCUT2D eigenvalue weighted by atomic mass is 32.2. The molecule has 0 aromatic heterocycles. The molecule has 1 aromatic carbocycles. The summed E-state index contributed by atoms with van der Waals surface area (Å²) < 4.78 is 10.8. The number of ether oxygens (including phenoxy) is 2. The van der Waals surface area contributed by atoms with E-state index >= 15 is 0 Å². The first-order valence-corrected chi connectivity index (χ1v) is 6.57. The Kier molecular flexibility index (Phi) is 6.85. The molecule has 0 radical (unpaired) electrons. The minimum absolute atomic E-state index is 0.704. The summed E-state index contributed by atoms with van der Waals surface area (Å²) in [5.74, 6) is 3.68. The standard InChI is InChI=1S/C12H19NO2S/c1-14-11-5-2-3-6-12(11)15-8-10-16-9-4-7-13/h2-3,5-6H,4,7-10,13H2,1H3. The summed E-state index contributed by atoms with van der Waals surface area (Å²) in [6.07, 6.45) is 1.07. The summed E-state index contributed by atoms with van der Waals surface area (Å²) in [5, 5.41) is 0. The molecule has 4 heteroatoms. The molecule has 0 heterocycles. The maximum absolute atomic E-state index is 5.63. The quantitative estimate of drug-likeness (QED) is 0.708. The summed E-state index contributed by atoms with van der Waals surface area (Å²) in [5.41, 5.74) is 5.41. The van der Waals surface area contributed by atoms with Crippen molar-refractivity contribution in [2.24, 2.45) is 5.73 Å². The van der Waals surface area contributed by atoms with Crippen molar-refractivity contribution >= 4 is 11.8 Å². The first kappa shape index (κ1) is 13.2. The van der Waals surface area contributed by atoms with E-state index in [2.05, 4.69) is 0 Å². The zero-order valence-electron chi connectivity index (χ0n) is 9.65. The topological polar surface area (TPSA) is 44.5 Å². The van der Waals surface area contributed by atoms with Gasteiger partial charge >= 0.3 is 0 Å². The minimum atomic E-state index is 0.704. The van der Waals surface area contributed by atoms with Crippen LogP contribution in [0.25, 0.3) is 0 Å². The van der Waals surface area contributed by atoms with E-state index in [1.807, 2.05) is 36.0 Å². The van der Waals surface area contributed by atoms with Crippen molar-refractivity contribution in [1.82, 2.24) is 0 Å². The van der Waals surface area contributed by atoms with Crippen molar-refractivity contribution in [3.05, 3.63) is 24.3 Å². The van der Waals surface area contributed by atoms with Crippen molar-refractivity contribution in [1.29, 1.82) is 0 Å². The second-order valence-electron chi connectivity index (χ2n) is 3.25. The molecule has 0 atom stereocenters. The molecule has 0 bridgehead atoms. The van der Waals surface area contributed by atoms with E-state index in [-0.39, 0.29) is 0 Å². The molecule has 0 amide bonds. The monoisotopic (exact) mass is 241 g/mol. The Morgan fingerprint density at radius 1 is 1.19 bits per heavy atom. The Morgan fingerprint density at radius 3 is 2.62 bits per heavy atom. The number of benzene rings is 1. The van der Waals surface area contributed by atoms with Gasteiger partial charge in [-0.25, -0.2) is 0 Å². The van der Waals surface area contributed by atoms with Gasteiger partial charge in [-0.05, 0) is 30.9 Å². The van der Waals surface area contributed by atoms with E-state index in [1.54, 1.807) is 7.11 Å². The molecule has 0 unspecified atom stereocenters. The van der Waals surface area contributed by atoms with Crippen molar-refractivity contribution in [2.45, 2.75) is 6.42 Å². The normalized spacial score (nSPS) is 10.1. The van der Waals surface area contributed by atoms with Crippen LogP contribution < -0.4 is 15.2 Å². The van der Waals surface area contributed by atoms with Gasteiger partial charge in [-0.1, -0.05) is 12.1 Å². The van der Waals surface area contributed by atoms with E-state index in [1.165, 1.54) is 0 Å². The summed E-state index contributed by atoms with van der Waals surface area (Å²) >= 11 is 1.86. The number of nitrogens with two attached hydrogens (primary N) is 1. The fraction of sp³-hybridized carbons (Fsp3) is 0.500. The van der Waals surface area contributed by atoms with Gasteiger partial charge in [-0.2, -0.15) is 11.8 Å². The third-order valence-corrected chi connectivity index (χ3v) is 3.08. The zero-order chi connectivity index (χ0) is 11.6. The van der Waals surface area contributed by atoms with Crippen LogP contribution in [0.1, 0.15) is 6.42 Å². The van der Waals surface area contributed by atoms with Crippen LogP contribution in [0, 0.1) is 0 Å². The first-order chi connectivity index (χ1) is 7.88. The van der Waals surface area contributed by atoms with Crippen LogP contribution in [-0.2, 0) is 0 Å². The fourth-order valence-corrected chi connectivity index (χ4v) is 2.01. The van der Waals surface area contributed by atoms with Crippen molar-refractivity contribution in [3.8, 4) is 11.5 Å². The van der Waals surface area contributed by atoms with Crippen molar-refractivity contribution < 1.29 is 9.47 Å². The molecule has 0 aliphatic heterocycles. The lowest BCUT2D eigenvalue weighted by Crippen LogP contribution is -2.04. The van der Waals surface area contributed by atoms with Crippen LogP contribution in [0.3, 0.4) is 0 Å². The molecule has 2 N–H and O–H groups in total. The Bertz CT molecular complexity index is 294. The predicted octanol–water partition coefficient (Wildman–Crippen LogP) is 2.16. The van der Waals surface area contributed by atoms with Crippen LogP contribution in [0.4, 0.5) is 0 Å². The maximum Gasteiger partial charge on any atom is 0.161 e. The molecule has 0 aliphatic carbocycles. The van der Waals surface area contributed by atoms with Crippen LogP contribution in [0.5, 0.6) is 11.5 Å². The van der Waals surface area contributed by atoms with E-state index < -0.39 is 0 Å². The fourth-order valence-electron chi connectivity index (χ4n) is 1.24. The largest absolute Gasteiger partial charge is 0.493 e. The van der Waals surface area contributed by atoms with Gasteiger partial charge in [-0.15, -0.1) is 0 Å². The highest BCUT2D eigenvalue weighted by molar-refractivity contribution is 7.99. The molecular weight excluding hydrogens is 222 g/mol. The third-order valence-electron chi connectivity index (χ3n) is 2.05. The number of hydrogen-bond acceptors (Lipinski definition) is 4. The number of hydrogen-bond donors (Lipinski definition) is 1. The molecular formula is C12H19NO2S. The lowest BCUT2D eigenvalue weighted by atomic mass is 10.3. The second-order valence-corrected chi connectivity index (χ2v) is 4.48. The lowest BCUT2D eigenvalue weighted by Gasteiger charge is -2.09. The molecule has 16 heavy (non-hydrogen) atoms. The Labute approximate surface area is 101 Å².